The maximum Gasteiger partial charge on any atom is 0.218 e. The Balaban J connectivity index is 2.18. The van der Waals surface area contributed by atoms with Crippen molar-refractivity contribution in [1.29, 1.82) is 0 Å². The van der Waals surface area contributed by atoms with Crippen molar-refractivity contribution >= 4 is 11.2 Å². The van der Waals surface area contributed by atoms with Gasteiger partial charge in [0.05, 0.1) is 6.20 Å². The Morgan fingerprint density at radius 1 is 1.13 bits per heavy atom. The number of aryl methyl sites for hydroxylation is 2. The van der Waals surface area contributed by atoms with Crippen molar-refractivity contribution in [2.75, 3.05) is 5.75 Å². The lowest BCUT2D eigenvalue weighted by Crippen LogP contribution is -2.11. The van der Waals surface area contributed by atoms with Gasteiger partial charge >= 0.3 is 0 Å². The summed E-state index contributed by atoms with van der Waals surface area (Å²) in [6.45, 7) is 3.81. The molecule has 0 aliphatic carbocycles. The largest absolute Gasteiger partial charge is 0.611 e. The maximum absolute atomic E-state index is 12.3. The highest BCUT2D eigenvalue weighted by Crippen LogP contribution is 2.26. The van der Waals surface area contributed by atoms with Gasteiger partial charge in [0, 0.05) is 26.0 Å². The highest BCUT2D eigenvalue weighted by Gasteiger charge is 2.23. The molecule has 0 radical (unpaired) electrons. The number of hydrogen-bond donors (Lipinski definition) is 0. The lowest BCUT2D eigenvalue weighted by molar-refractivity contribution is 0.595. The predicted octanol–water partition coefficient (Wildman–Crippen LogP) is 1.11. The van der Waals surface area contributed by atoms with E-state index in [0.717, 1.165) is 5.69 Å². The van der Waals surface area contributed by atoms with E-state index in [9.17, 15) is 4.55 Å². The molecule has 0 saturated carbocycles. The first-order valence-corrected chi connectivity index (χ1v) is 8.43. The van der Waals surface area contributed by atoms with Gasteiger partial charge in [-0.05, 0) is 25.0 Å². The van der Waals surface area contributed by atoms with E-state index in [4.69, 9.17) is 0 Å². The van der Waals surface area contributed by atoms with E-state index in [1.54, 1.807) is 30.5 Å². The van der Waals surface area contributed by atoms with Crippen molar-refractivity contribution in [1.82, 2.24) is 34.3 Å². The SMILES string of the molecule is CC[S+]([O-])c1cnc(-c2ncn(C)n2)nc1-c1ncc(C)n1C. The van der Waals surface area contributed by atoms with Crippen molar-refractivity contribution in [2.45, 2.75) is 18.7 Å². The third-order valence-electron chi connectivity index (χ3n) is 3.49. The molecule has 0 aliphatic heterocycles. The number of hydrogen-bond acceptors (Lipinski definition) is 6. The fraction of sp³-hybridized carbons (Fsp3) is 0.357. The first-order chi connectivity index (χ1) is 11.0. The molecule has 120 valence electrons. The Morgan fingerprint density at radius 3 is 2.48 bits per heavy atom. The Labute approximate surface area is 136 Å². The Kier molecular flexibility index (Phi) is 4.14. The Morgan fingerprint density at radius 2 is 1.91 bits per heavy atom. The van der Waals surface area contributed by atoms with Crippen LogP contribution >= 0.6 is 0 Å². The van der Waals surface area contributed by atoms with E-state index in [2.05, 4.69) is 25.0 Å². The molecule has 0 N–H and O–H groups in total. The highest BCUT2D eigenvalue weighted by atomic mass is 32.2. The van der Waals surface area contributed by atoms with Gasteiger partial charge in [0.2, 0.25) is 16.5 Å². The van der Waals surface area contributed by atoms with Gasteiger partial charge in [-0.1, -0.05) is 0 Å². The monoisotopic (exact) mass is 331 g/mol. The zero-order valence-electron chi connectivity index (χ0n) is 13.4. The molecule has 8 nitrogen and oxygen atoms in total. The molecule has 0 aliphatic rings. The molecule has 23 heavy (non-hydrogen) atoms. The lowest BCUT2D eigenvalue weighted by Gasteiger charge is -2.12. The standard InChI is InChI=1S/C14H17N7OS/c1-5-23(22)10-7-15-12(13-17-8-20(3)19-13)18-11(10)14-16-6-9(2)21(14)4/h6-8H,5H2,1-4H3. The molecule has 0 amide bonds. The number of nitrogens with zero attached hydrogens (tertiary/aromatic N) is 7. The fourth-order valence-electron chi connectivity index (χ4n) is 2.12. The van der Waals surface area contributed by atoms with Crippen LogP contribution in [0.25, 0.3) is 23.2 Å². The van der Waals surface area contributed by atoms with Crippen LogP contribution in [0.2, 0.25) is 0 Å². The van der Waals surface area contributed by atoms with Gasteiger partial charge < -0.3 is 9.12 Å². The van der Waals surface area contributed by atoms with Crippen molar-refractivity contribution < 1.29 is 4.55 Å². The van der Waals surface area contributed by atoms with Gasteiger partial charge in [0.1, 0.15) is 12.1 Å². The molecule has 3 aromatic heterocycles. The summed E-state index contributed by atoms with van der Waals surface area (Å²) < 4.78 is 15.8. The van der Waals surface area contributed by atoms with E-state index in [1.165, 1.54) is 0 Å². The summed E-state index contributed by atoms with van der Waals surface area (Å²) >= 11 is -1.19. The van der Waals surface area contributed by atoms with Crippen LogP contribution in [-0.2, 0) is 25.3 Å². The molecule has 0 saturated heterocycles. The second-order valence-electron chi connectivity index (χ2n) is 5.06. The minimum atomic E-state index is -1.19. The molecule has 1 atom stereocenters. The molecule has 3 heterocycles. The molecule has 3 aromatic rings. The van der Waals surface area contributed by atoms with E-state index in [1.807, 2.05) is 25.5 Å². The first-order valence-electron chi connectivity index (χ1n) is 7.11. The Bertz CT molecular complexity index is 842. The summed E-state index contributed by atoms with van der Waals surface area (Å²) in [5.41, 5.74) is 1.54. The predicted molar refractivity (Wildman–Crippen MR) is 85.9 cm³/mol. The summed E-state index contributed by atoms with van der Waals surface area (Å²) in [6, 6.07) is 0. The summed E-state index contributed by atoms with van der Waals surface area (Å²) in [6.07, 6.45) is 4.92. The van der Waals surface area contributed by atoms with Gasteiger partial charge in [-0.3, -0.25) is 4.68 Å². The topological polar surface area (TPSA) is 97.4 Å². The van der Waals surface area contributed by atoms with Crippen LogP contribution in [0, 0.1) is 6.92 Å². The minimum Gasteiger partial charge on any atom is -0.611 e. The van der Waals surface area contributed by atoms with Crippen LogP contribution in [0.15, 0.2) is 23.6 Å². The number of aromatic nitrogens is 7. The van der Waals surface area contributed by atoms with Gasteiger partial charge in [0.25, 0.3) is 0 Å². The first kappa shape index (κ1) is 15.6. The van der Waals surface area contributed by atoms with Crippen LogP contribution in [0.1, 0.15) is 12.6 Å². The van der Waals surface area contributed by atoms with E-state index in [0.29, 0.717) is 33.8 Å². The van der Waals surface area contributed by atoms with Crippen molar-refractivity contribution in [3.63, 3.8) is 0 Å². The zero-order chi connectivity index (χ0) is 16.6. The van der Waals surface area contributed by atoms with Crippen LogP contribution in [0.3, 0.4) is 0 Å². The third kappa shape index (κ3) is 2.84. The smallest absolute Gasteiger partial charge is 0.218 e. The molecule has 0 fully saturated rings. The molecular formula is C14H17N7OS. The molecule has 0 aromatic carbocycles. The van der Waals surface area contributed by atoms with Gasteiger partial charge in [-0.2, -0.15) is 0 Å². The van der Waals surface area contributed by atoms with Gasteiger partial charge in [-0.15, -0.1) is 5.10 Å². The average molecular weight is 331 g/mol. The van der Waals surface area contributed by atoms with Crippen LogP contribution in [-0.4, -0.2) is 44.6 Å². The van der Waals surface area contributed by atoms with Crippen LogP contribution < -0.4 is 0 Å². The third-order valence-corrected chi connectivity index (χ3v) is 4.81. The minimum absolute atomic E-state index is 0.387. The van der Waals surface area contributed by atoms with E-state index in [-0.39, 0.29) is 0 Å². The highest BCUT2D eigenvalue weighted by molar-refractivity contribution is 7.91. The fourth-order valence-corrected chi connectivity index (χ4v) is 2.95. The number of imidazole rings is 1. The zero-order valence-corrected chi connectivity index (χ0v) is 14.2. The summed E-state index contributed by atoms with van der Waals surface area (Å²) in [5, 5.41) is 4.22. The second kappa shape index (κ2) is 6.09. The quantitative estimate of drug-likeness (QED) is 0.664. The van der Waals surface area contributed by atoms with Gasteiger partial charge in [-0.25, -0.2) is 19.9 Å². The number of rotatable bonds is 4. The lowest BCUT2D eigenvalue weighted by atomic mass is 10.3. The van der Waals surface area contributed by atoms with E-state index >= 15 is 0 Å². The van der Waals surface area contributed by atoms with Crippen LogP contribution in [0.4, 0.5) is 0 Å². The Hall–Kier alpha value is -2.26. The molecule has 3 rings (SSSR count). The average Bonchev–Trinajstić information content (AvgIpc) is 3.13. The van der Waals surface area contributed by atoms with Crippen molar-refractivity contribution in [3.05, 3.63) is 24.4 Å². The van der Waals surface area contributed by atoms with E-state index < -0.39 is 11.2 Å². The summed E-state index contributed by atoms with van der Waals surface area (Å²) in [7, 11) is 3.68. The van der Waals surface area contributed by atoms with Crippen molar-refractivity contribution in [2.24, 2.45) is 14.1 Å². The van der Waals surface area contributed by atoms with Crippen LogP contribution in [0.5, 0.6) is 0 Å². The second-order valence-corrected chi connectivity index (χ2v) is 6.77. The van der Waals surface area contributed by atoms with Gasteiger partial charge in [0.15, 0.2) is 11.5 Å². The summed E-state index contributed by atoms with van der Waals surface area (Å²) in [4.78, 5) is 18.0. The molecule has 0 bridgehead atoms. The molecule has 1 unspecified atom stereocenters. The van der Waals surface area contributed by atoms with Crippen molar-refractivity contribution in [3.8, 4) is 23.2 Å². The maximum atomic E-state index is 12.3. The summed E-state index contributed by atoms with van der Waals surface area (Å²) in [5.74, 6) is 1.95. The molecular weight excluding hydrogens is 314 g/mol. The molecule has 9 heteroatoms. The normalized spacial score (nSPS) is 12.6. The molecule has 0 spiro atoms.